The van der Waals surface area contributed by atoms with Crippen LogP contribution in [0.2, 0.25) is 0 Å². The first-order valence-electron chi connectivity index (χ1n) is 8.57. The van der Waals surface area contributed by atoms with E-state index in [1.807, 2.05) is 0 Å². The van der Waals surface area contributed by atoms with Gasteiger partial charge in [-0.2, -0.15) is 18.4 Å². The molecule has 3 rings (SSSR count). The molecule has 11 heteroatoms. The minimum absolute atomic E-state index is 0.113. The summed E-state index contributed by atoms with van der Waals surface area (Å²) in [5.41, 5.74) is 0.655. The molecule has 3 aromatic rings. The summed E-state index contributed by atoms with van der Waals surface area (Å²) in [6, 6.07) is 6.21. The lowest BCUT2D eigenvalue weighted by Gasteiger charge is -2.18. The summed E-state index contributed by atoms with van der Waals surface area (Å²) in [7, 11) is 0. The van der Waals surface area contributed by atoms with E-state index in [0.29, 0.717) is 17.8 Å². The van der Waals surface area contributed by atoms with Crippen LogP contribution < -0.4 is 5.32 Å². The van der Waals surface area contributed by atoms with Gasteiger partial charge in [-0.3, -0.25) is 9.78 Å². The van der Waals surface area contributed by atoms with E-state index in [-0.39, 0.29) is 18.7 Å². The number of alkyl halides is 3. The molecule has 0 unspecified atom stereocenters. The maximum absolute atomic E-state index is 12.7. The molecule has 1 aromatic carbocycles. The Morgan fingerprint density at radius 3 is 2.52 bits per heavy atom. The second-order valence-corrected chi connectivity index (χ2v) is 7.30. The number of nitrogens with zero attached hydrogens (tertiary/aromatic N) is 4. The number of rotatable bonds is 7. The number of H-pyrrole nitrogens is 1. The zero-order chi connectivity index (χ0) is 20.9. The number of carbonyl (C=O) groups is 1. The highest BCUT2D eigenvalue weighted by atomic mass is 79.9. The Morgan fingerprint density at radius 1 is 1.14 bits per heavy atom. The first-order valence-corrected chi connectivity index (χ1v) is 9.36. The minimum atomic E-state index is -4.39. The monoisotopic (exact) mass is 468 g/mol. The van der Waals surface area contributed by atoms with Gasteiger partial charge in [0.15, 0.2) is 5.82 Å². The number of nitrogens with one attached hydrogen (secondary N) is 2. The standard InChI is InChI=1S/C18H16BrF3N6O/c19-14-5-12(9-23-10-14)7-17(29)24-15(8-16-25-27-28-26-16)6-11-1-3-13(4-2-11)18(20,21)22/h1-5,9-10,15H,6-8H2,(H,24,29)(H,25,26,27,28)/t15-/m0/s1. The second-order valence-electron chi connectivity index (χ2n) is 6.38. The number of hydrogen-bond donors (Lipinski definition) is 2. The maximum Gasteiger partial charge on any atom is 0.416 e. The summed E-state index contributed by atoms with van der Waals surface area (Å²) in [6.45, 7) is 0. The average Bonchev–Trinajstić information content (AvgIpc) is 3.14. The molecule has 7 nitrogen and oxygen atoms in total. The number of halogens is 4. The summed E-state index contributed by atoms with van der Waals surface area (Å²) >= 11 is 3.31. The molecule has 2 aromatic heterocycles. The van der Waals surface area contributed by atoms with Crippen molar-refractivity contribution in [3.05, 3.63) is 69.7 Å². The molecule has 0 aliphatic heterocycles. The molecule has 0 saturated heterocycles. The fourth-order valence-electron chi connectivity index (χ4n) is 2.79. The van der Waals surface area contributed by atoms with E-state index < -0.39 is 17.8 Å². The van der Waals surface area contributed by atoms with Crippen LogP contribution in [0.3, 0.4) is 0 Å². The predicted molar refractivity (Wildman–Crippen MR) is 101 cm³/mol. The first-order chi connectivity index (χ1) is 13.8. The van der Waals surface area contributed by atoms with Gasteiger partial charge in [0.25, 0.3) is 0 Å². The second kappa shape index (κ2) is 9.12. The summed E-state index contributed by atoms with van der Waals surface area (Å²) in [6.07, 6.45) is -0.481. The van der Waals surface area contributed by atoms with Gasteiger partial charge in [-0.05, 0) is 51.7 Å². The fourth-order valence-corrected chi connectivity index (χ4v) is 3.21. The lowest BCUT2D eigenvalue weighted by molar-refractivity contribution is -0.137. The number of pyridine rings is 1. The summed E-state index contributed by atoms with van der Waals surface area (Å²) < 4.78 is 39.0. The number of aromatic amines is 1. The van der Waals surface area contributed by atoms with Crippen molar-refractivity contribution < 1.29 is 18.0 Å². The van der Waals surface area contributed by atoms with Crippen molar-refractivity contribution in [2.45, 2.75) is 31.5 Å². The van der Waals surface area contributed by atoms with Crippen LogP contribution in [0.1, 0.15) is 22.5 Å². The minimum Gasteiger partial charge on any atom is -0.352 e. The van der Waals surface area contributed by atoms with Crippen molar-refractivity contribution in [2.75, 3.05) is 0 Å². The Bertz CT molecular complexity index is 947. The van der Waals surface area contributed by atoms with Gasteiger partial charge < -0.3 is 5.32 Å². The van der Waals surface area contributed by atoms with E-state index >= 15 is 0 Å². The average molecular weight is 469 g/mol. The van der Waals surface area contributed by atoms with E-state index in [1.165, 1.54) is 12.1 Å². The van der Waals surface area contributed by atoms with Crippen LogP contribution in [0.4, 0.5) is 13.2 Å². The SMILES string of the molecule is O=C(Cc1cncc(Br)c1)N[C@@H](Cc1ccc(C(F)(F)F)cc1)Cc1nn[nH]n1. The number of aromatic nitrogens is 5. The number of hydrogen-bond acceptors (Lipinski definition) is 5. The Balaban J connectivity index is 1.69. The van der Waals surface area contributed by atoms with Gasteiger partial charge in [0.1, 0.15) is 0 Å². The number of amides is 1. The van der Waals surface area contributed by atoms with Crippen LogP contribution in [0, 0.1) is 0 Å². The van der Waals surface area contributed by atoms with Gasteiger partial charge >= 0.3 is 6.18 Å². The summed E-state index contributed by atoms with van der Waals surface area (Å²) in [4.78, 5) is 16.5. The third-order valence-electron chi connectivity index (χ3n) is 4.07. The lowest BCUT2D eigenvalue weighted by atomic mass is 10.0. The third kappa shape index (κ3) is 6.34. The van der Waals surface area contributed by atoms with Crippen molar-refractivity contribution in [1.29, 1.82) is 0 Å². The van der Waals surface area contributed by atoms with Crippen molar-refractivity contribution in [3.63, 3.8) is 0 Å². The Kier molecular flexibility index (Phi) is 6.57. The zero-order valence-corrected chi connectivity index (χ0v) is 16.5. The molecule has 2 heterocycles. The molecular weight excluding hydrogens is 453 g/mol. The molecule has 0 fully saturated rings. The van der Waals surface area contributed by atoms with Crippen LogP contribution in [0.25, 0.3) is 0 Å². The third-order valence-corrected chi connectivity index (χ3v) is 4.51. The van der Waals surface area contributed by atoms with Crippen LogP contribution in [-0.4, -0.2) is 37.6 Å². The summed E-state index contributed by atoms with van der Waals surface area (Å²) in [5.74, 6) is 0.150. The maximum atomic E-state index is 12.7. The van der Waals surface area contributed by atoms with Crippen LogP contribution >= 0.6 is 15.9 Å². The van der Waals surface area contributed by atoms with Gasteiger partial charge in [0.05, 0.1) is 12.0 Å². The zero-order valence-electron chi connectivity index (χ0n) is 14.9. The van der Waals surface area contributed by atoms with Crippen LogP contribution in [0.5, 0.6) is 0 Å². The number of tetrazole rings is 1. The van der Waals surface area contributed by atoms with Gasteiger partial charge in [0.2, 0.25) is 5.91 Å². The van der Waals surface area contributed by atoms with Gasteiger partial charge in [-0.15, -0.1) is 10.2 Å². The molecule has 0 radical (unpaired) electrons. The smallest absolute Gasteiger partial charge is 0.352 e. The molecule has 0 saturated carbocycles. The lowest BCUT2D eigenvalue weighted by Crippen LogP contribution is -2.39. The quantitative estimate of drug-likeness (QED) is 0.555. The fraction of sp³-hybridized carbons (Fsp3) is 0.278. The first kappa shape index (κ1) is 20.9. The molecule has 2 N–H and O–H groups in total. The highest BCUT2D eigenvalue weighted by molar-refractivity contribution is 9.10. The molecule has 0 spiro atoms. The summed E-state index contributed by atoms with van der Waals surface area (Å²) in [5, 5.41) is 16.5. The molecule has 0 bridgehead atoms. The van der Waals surface area contributed by atoms with E-state index in [1.54, 1.807) is 18.5 Å². The molecule has 29 heavy (non-hydrogen) atoms. The van der Waals surface area contributed by atoms with E-state index in [0.717, 1.165) is 22.2 Å². The van der Waals surface area contributed by atoms with Crippen molar-refractivity contribution >= 4 is 21.8 Å². The molecule has 1 atom stereocenters. The van der Waals surface area contributed by atoms with E-state index in [9.17, 15) is 18.0 Å². The Labute approximate surface area is 172 Å². The van der Waals surface area contributed by atoms with E-state index in [4.69, 9.17) is 0 Å². The molecule has 0 aliphatic rings. The Morgan fingerprint density at radius 2 is 1.90 bits per heavy atom. The molecule has 0 aliphatic carbocycles. The normalized spacial score (nSPS) is 12.6. The van der Waals surface area contributed by atoms with Gasteiger partial charge in [-0.25, -0.2) is 0 Å². The van der Waals surface area contributed by atoms with Crippen molar-refractivity contribution in [1.82, 2.24) is 30.9 Å². The van der Waals surface area contributed by atoms with Crippen molar-refractivity contribution in [2.24, 2.45) is 0 Å². The largest absolute Gasteiger partial charge is 0.416 e. The molecule has 152 valence electrons. The Hall–Kier alpha value is -2.82. The van der Waals surface area contributed by atoms with Crippen LogP contribution in [0.15, 0.2) is 47.2 Å². The number of carbonyl (C=O) groups excluding carboxylic acids is 1. The molecule has 1 amide bonds. The van der Waals surface area contributed by atoms with Crippen molar-refractivity contribution in [3.8, 4) is 0 Å². The number of benzene rings is 1. The topological polar surface area (TPSA) is 96.5 Å². The van der Waals surface area contributed by atoms with E-state index in [2.05, 4.69) is 46.9 Å². The highest BCUT2D eigenvalue weighted by Crippen LogP contribution is 2.29. The van der Waals surface area contributed by atoms with Crippen LogP contribution in [-0.2, 0) is 30.2 Å². The predicted octanol–water partition coefficient (Wildman–Crippen LogP) is 2.89. The van der Waals surface area contributed by atoms with Gasteiger partial charge in [0, 0.05) is 29.3 Å². The van der Waals surface area contributed by atoms with Gasteiger partial charge in [-0.1, -0.05) is 17.3 Å². The highest BCUT2D eigenvalue weighted by Gasteiger charge is 2.30. The molecular formula is C18H16BrF3N6O.